The van der Waals surface area contributed by atoms with Crippen LogP contribution in [0.25, 0.3) is 22.3 Å². The SMILES string of the molecule is COC(=O)C(=Nc1ccccc1-c1ccccc1SC(C)C)C(=Nc1ccccc1-c1ccccc1SC(C)C)C(=O)OC. The fourth-order valence-corrected chi connectivity index (χ4v) is 6.45. The van der Waals surface area contributed by atoms with E-state index in [0.29, 0.717) is 21.9 Å². The summed E-state index contributed by atoms with van der Waals surface area (Å²) < 4.78 is 10.3. The zero-order valence-electron chi connectivity index (χ0n) is 25.7. The van der Waals surface area contributed by atoms with Gasteiger partial charge < -0.3 is 9.47 Å². The van der Waals surface area contributed by atoms with Crippen molar-refractivity contribution in [3.8, 4) is 22.3 Å². The monoisotopic (exact) mass is 624 g/mol. The van der Waals surface area contributed by atoms with E-state index in [9.17, 15) is 9.59 Å². The Kier molecular flexibility index (Phi) is 11.6. The Morgan fingerprint density at radius 3 is 1.18 bits per heavy atom. The van der Waals surface area contributed by atoms with Crippen molar-refractivity contribution in [2.45, 2.75) is 48.0 Å². The van der Waals surface area contributed by atoms with E-state index in [0.717, 1.165) is 32.0 Å². The minimum Gasteiger partial charge on any atom is -0.464 e. The lowest BCUT2D eigenvalue weighted by Crippen LogP contribution is -2.32. The molecule has 0 amide bonds. The number of para-hydroxylation sites is 2. The van der Waals surface area contributed by atoms with Gasteiger partial charge in [0.2, 0.25) is 0 Å². The molecule has 0 fully saturated rings. The quantitative estimate of drug-likeness (QED) is 0.0941. The largest absolute Gasteiger partial charge is 0.464 e. The number of thioether (sulfide) groups is 2. The third-order valence-corrected chi connectivity index (χ3v) is 8.50. The number of nitrogens with zero attached hydrogens (tertiary/aromatic N) is 2. The Labute approximate surface area is 268 Å². The van der Waals surface area contributed by atoms with Gasteiger partial charge in [0, 0.05) is 31.4 Å². The van der Waals surface area contributed by atoms with Crippen LogP contribution in [-0.4, -0.2) is 48.1 Å². The second kappa shape index (κ2) is 15.5. The molecule has 8 heteroatoms. The first-order valence-electron chi connectivity index (χ1n) is 14.3. The van der Waals surface area contributed by atoms with Crippen LogP contribution < -0.4 is 0 Å². The van der Waals surface area contributed by atoms with Crippen molar-refractivity contribution in [2.75, 3.05) is 14.2 Å². The van der Waals surface area contributed by atoms with Crippen molar-refractivity contribution >= 4 is 58.3 Å². The van der Waals surface area contributed by atoms with E-state index in [-0.39, 0.29) is 11.4 Å². The number of ether oxygens (including phenoxy) is 2. The summed E-state index contributed by atoms with van der Waals surface area (Å²) >= 11 is 3.48. The Balaban J connectivity index is 1.94. The summed E-state index contributed by atoms with van der Waals surface area (Å²) in [7, 11) is 2.50. The Morgan fingerprint density at radius 2 is 0.841 bits per heavy atom. The number of methoxy groups -OCH3 is 2. The van der Waals surface area contributed by atoms with Gasteiger partial charge in [-0.05, 0) is 35.4 Å². The minimum absolute atomic E-state index is 0.250. The molecule has 0 saturated carbocycles. The number of rotatable bonds is 11. The highest BCUT2D eigenvalue weighted by atomic mass is 32.2. The van der Waals surface area contributed by atoms with E-state index < -0.39 is 11.9 Å². The third-order valence-electron chi connectivity index (χ3n) is 6.33. The van der Waals surface area contributed by atoms with Crippen LogP contribution in [0.2, 0.25) is 0 Å². The van der Waals surface area contributed by atoms with Gasteiger partial charge >= 0.3 is 11.9 Å². The predicted octanol–water partition coefficient (Wildman–Crippen LogP) is 9.21. The maximum Gasteiger partial charge on any atom is 0.359 e. The molecular weight excluding hydrogens is 589 g/mol. The first-order chi connectivity index (χ1) is 21.2. The molecule has 0 spiro atoms. The van der Waals surface area contributed by atoms with Crippen LogP contribution in [-0.2, 0) is 19.1 Å². The van der Waals surface area contributed by atoms with E-state index in [1.54, 1.807) is 35.7 Å². The number of hydrogen-bond acceptors (Lipinski definition) is 8. The Hall–Kier alpha value is -4.14. The average molecular weight is 625 g/mol. The zero-order valence-corrected chi connectivity index (χ0v) is 27.4. The second-order valence-electron chi connectivity index (χ2n) is 10.3. The molecule has 6 nitrogen and oxygen atoms in total. The fourth-order valence-electron chi connectivity index (χ4n) is 4.51. The first kappa shape index (κ1) is 32.8. The number of esters is 2. The van der Waals surface area contributed by atoms with Crippen LogP contribution in [0, 0.1) is 0 Å². The van der Waals surface area contributed by atoms with Crippen LogP contribution in [0.15, 0.2) is 117 Å². The molecule has 0 aromatic heterocycles. The minimum atomic E-state index is -0.804. The van der Waals surface area contributed by atoms with Gasteiger partial charge in [0.1, 0.15) is 0 Å². The molecule has 4 rings (SSSR count). The second-order valence-corrected chi connectivity index (χ2v) is 13.5. The van der Waals surface area contributed by atoms with Crippen molar-refractivity contribution < 1.29 is 19.1 Å². The molecule has 226 valence electrons. The highest BCUT2D eigenvalue weighted by Gasteiger charge is 2.28. The lowest BCUT2D eigenvalue weighted by atomic mass is 10.0. The maximum atomic E-state index is 13.3. The number of carbonyl (C=O) groups excluding carboxylic acids is 2. The fraction of sp³-hybridized carbons (Fsp3) is 0.222. The summed E-state index contributed by atoms with van der Waals surface area (Å²) in [5.74, 6) is -1.61. The summed E-state index contributed by atoms with van der Waals surface area (Å²) in [5, 5.41) is 0.722. The summed E-state index contributed by atoms with van der Waals surface area (Å²) in [6.07, 6.45) is 0. The zero-order chi connectivity index (χ0) is 31.6. The van der Waals surface area contributed by atoms with Gasteiger partial charge in [0.15, 0.2) is 11.4 Å². The molecule has 0 unspecified atom stereocenters. The summed E-state index contributed by atoms with van der Waals surface area (Å²) in [4.78, 5) is 38.3. The highest BCUT2D eigenvalue weighted by Crippen LogP contribution is 2.40. The molecule has 0 saturated heterocycles. The standard InChI is InChI=1S/C36H36N2O4S2/c1-23(2)43-31-21-13-9-17-27(31)25-15-7-11-19-29(25)37-33(35(39)41-5)34(36(40)42-6)38-30-20-12-8-16-26(30)28-18-10-14-22-32(28)44-24(3)4/h7-24H,1-6H3. The molecule has 0 aliphatic carbocycles. The lowest BCUT2D eigenvalue weighted by Gasteiger charge is -2.15. The molecule has 0 aliphatic rings. The third kappa shape index (κ3) is 8.07. The number of carbonyl (C=O) groups is 2. The molecule has 0 aliphatic heterocycles. The molecule has 4 aromatic carbocycles. The topological polar surface area (TPSA) is 77.3 Å². The van der Waals surface area contributed by atoms with Gasteiger partial charge in [-0.25, -0.2) is 19.6 Å². The van der Waals surface area contributed by atoms with Crippen LogP contribution in [0.1, 0.15) is 27.7 Å². The van der Waals surface area contributed by atoms with Crippen molar-refractivity contribution in [3.05, 3.63) is 97.1 Å². The number of aliphatic imine (C=N–C) groups is 2. The van der Waals surface area contributed by atoms with Crippen molar-refractivity contribution in [3.63, 3.8) is 0 Å². The Bertz CT molecular complexity index is 1570. The first-order valence-corrected chi connectivity index (χ1v) is 16.0. The predicted molar refractivity (Wildman–Crippen MR) is 184 cm³/mol. The van der Waals surface area contributed by atoms with Crippen molar-refractivity contribution in [2.24, 2.45) is 9.98 Å². The van der Waals surface area contributed by atoms with Gasteiger partial charge in [-0.15, -0.1) is 23.5 Å². The van der Waals surface area contributed by atoms with Crippen LogP contribution in [0.5, 0.6) is 0 Å². The Morgan fingerprint density at radius 1 is 0.523 bits per heavy atom. The average Bonchev–Trinajstić information content (AvgIpc) is 3.02. The van der Waals surface area contributed by atoms with Gasteiger partial charge in [-0.2, -0.15) is 0 Å². The lowest BCUT2D eigenvalue weighted by molar-refractivity contribution is -0.134. The smallest absolute Gasteiger partial charge is 0.359 e. The van der Waals surface area contributed by atoms with E-state index in [1.807, 2.05) is 72.8 Å². The molecule has 0 atom stereocenters. The van der Waals surface area contributed by atoms with Gasteiger partial charge in [-0.1, -0.05) is 100 Å². The molecule has 0 heterocycles. The summed E-state index contributed by atoms with van der Waals surface area (Å²) in [6, 6.07) is 31.1. The molecule has 0 radical (unpaired) electrons. The number of hydrogen-bond donors (Lipinski definition) is 0. The molecular formula is C36H36N2O4S2. The van der Waals surface area contributed by atoms with Crippen LogP contribution in [0.4, 0.5) is 11.4 Å². The van der Waals surface area contributed by atoms with E-state index in [4.69, 9.17) is 19.5 Å². The van der Waals surface area contributed by atoms with Gasteiger partial charge in [0.25, 0.3) is 0 Å². The molecule has 0 N–H and O–H groups in total. The van der Waals surface area contributed by atoms with E-state index in [2.05, 4.69) is 39.8 Å². The molecule has 4 aromatic rings. The van der Waals surface area contributed by atoms with E-state index in [1.165, 1.54) is 14.2 Å². The molecule has 0 bridgehead atoms. The van der Waals surface area contributed by atoms with E-state index >= 15 is 0 Å². The number of benzene rings is 4. The normalized spacial score (nSPS) is 12.0. The highest BCUT2D eigenvalue weighted by molar-refractivity contribution is 8.00. The van der Waals surface area contributed by atoms with Crippen LogP contribution in [0.3, 0.4) is 0 Å². The van der Waals surface area contributed by atoms with Crippen molar-refractivity contribution in [1.82, 2.24) is 0 Å². The summed E-state index contributed by atoms with van der Waals surface area (Å²) in [5.41, 5.74) is 4.04. The summed E-state index contributed by atoms with van der Waals surface area (Å²) in [6.45, 7) is 8.55. The van der Waals surface area contributed by atoms with Crippen LogP contribution >= 0.6 is 23.5 Å². The molecule has 44 heavy (non-hydrogen) atoms. The maximum absolute atomic E-state index is 13.3. The van der Waals surface area contributed by atoms with Gasteiger partial charge in [-0.3, -0.25) is 0 Å². The van der Waals surface area contributed by atoms with Crippen molar-refractivity contribution in [1.29, 1.82) is 0 Å². The van der Waals surface area contributed by atoms with Gasteiger partial charge in [0.05, 0.1) is 25.6 Å².